The highest BCUT2D eigenvalue weighted by atomic mass is 32.2. The number of thioether (sulfide) groups is 1. The van der Waals surface area contributed by atoms with Gasteiger partial charge in [-0.15, -0.1) is 16.9 Å². The lowest BCUT2D eigenvalue weighted by atomic mass is 9.68. The molecule has 1 aromatic heterocycles. The molecule has 1 aliphatic carbocycles. The molecule has 19 heteroatoms. The summed E-state index contributed by atoms with van der Waals surface area (Å²) in [5.74, 6) is -3.22. The Morgan fingerprint density at radius 2 is 1.64 bits per heavy atom. The fourth-order valence-corrected chi connectivity index (χ4v) is 14.2. The number of hydrogen-bond acceptors (Lipinski definition) is 17. The Labute approximate surface area is 450 Å². The van der Waals surface area contributed by atoms with Crippen molar-refractivity contribution in [1.82, 2.24) is 24.8 Å². The molecular formula is C56H94FN5O12S. The van der Waals surface area contributed by atoms with Crippen LogP contribution in [0.2, 0.25) is 0 Å². The molecule has 0 spiro atoms. The van der Waals surface area contributed by atoms with Gasteiger partial charge in [-0.25, -0.2) is 9.07 Å². The summed E-state index contributed by atoms with van der Waals surface area (Å²) in [7, 11) is 6.87. The van der Waals surface area contributed by atoms with E-state index >= 15 is 0 Å². The van der Waals surface area contributed by atoms with Crippen LogP contribution in [0.5, 0.6) is 0 Å². The first-order chi connectivity index (χ1) is 35.3. The number of rotatable bonds is 16. The molecule has 0 radical (unpaired) electrons. The van der Waals surface area contributed by atoms with Crippen molar-refractivity contribution >= 4 is 17.7 Å². The maximum Gasteiger partial charge on any atom is 0.309 e. The number of alkyl halides is 1. The summed E-state index contributed by atoms with van der Waals surface area (Å²) in [6.07, 6.45) is -0.998. The smallest absolute Gasteiger partial charge is 0.309 e. The number of aromatic nitrogens is 3. The lowest BCUT2D eigenvalue weighted by molar-refractivity contribution is -0.302. The van der Waals surface area contributed by atoms with Crippen LogP contribution < -0.4 is 0 Å². The van der Waals surface area contributed by atoms with Gasteiger partial charge in [-0.3, -0.25) is 4.79 Å². The average molecular weight is 1080 g/mol. The second kappa shape index (κ2) is 26.3. The Morgan fingerprint density at radius 1 is 0.973 bits per heavy atom. The number of esters is 1. The Kier molecular flexibility index (Phi) is 21.7. The van der Waals surface area contributed by atoms with E-state index in [4.69, 9.17) is 28.4 Å². The normalized spacial score (nSPS) is 40.2. The molecule has 2 aromatic rings. The molecule has 4 heterocycles. The summed E-state index contributed by atoms with van der Waals surface area (Å²) in [5, 5.41) is 69.8. The van der Waals surface area contributed by atoms with Gasteiger partial charge in [-0.1, -0.05) is 57.9 Å². The largest absolute Gasteiger partial charge is 0.459 e. The molecule has 4 aliphatic rings. The molecular weight excluding hydrogens is 986 g/mol. The molecule has 1 aromatic carbocycles. The highest BCUT2D eigenvalue weighted by Gasteiger charge is 2.55. The van der Waals surface area contributed by atoms with Gasteiger partial charge < -0.3 is 63.8 Å². The number of aliphatic hydroxyl groups excluding tert-OH is 3. The zero-order valence-corrected chi connectivity index (χ0v) is 48.2. The number of carbonyl (C=O) groups excluding carboxylic acids is 1. The lowest BCUT2D eigenvalue weighted by Crippen LogP contribution is -2.62. The number of nitrogens with zero attached hydrogens (tertiary/aromatic N) is 5. The van der Waals surface area contributed by atoms with Crippen molar-refractivity contribution in [2.24, 2.45) is 23.7 Å². The monoisotopic (exact) mass is 1080 g/mol. The second-order valence-electron chi connectivity index (χ2n) is 23.7. The summed E-state index contributed by atoms with van der Waals surface area (Å²) in [6.45, 7) is 18.1. The topological polar surface area (TPSA) is 211 Å². The number of halogens is 1. The third-order valence-corrected chi connectivity index (χ3v) is 19.0. The van der Waals surface area contributed by atoms with E-state index < -0.39 is 120 Å². The molecule has 1 unspecified atom stereocenters. The summed E-state index contributed by atoms with van der Waals surface area (Å²) < 4.78 is 54.6. The minimum atomic E-state index is -1.83. The first-order valence-corrected chi connectivity index (χ1v) is 28.6. The van der Waals surface area contributed by atoms with E-state index in [1.165, 1.54) is 44.6 Å². The van der Waals surface area contributed by atoms with Gasteiger partial charge in [0.1, 0.15) is 48.8 Å². The van der Waals surface area contributed by atoms with Crippen LogP contribution >= 0.6 is 11.8 Å². The van der Waals surface area contributed by atoms with Gasteiger partial charge in [-0.05, 0) is 117 Å². The van der Waals surface area contributed by atoms with Crippen molar-refractivity contribution < 1.29 is 63.1 Å². The molecule has 3 saturated heterocycles. The fraction of sp³-hybridized carbons (Fsp3) is 0.839. The predicted octanol–water partition coefficient (Wildman–Crippen LogP) is 6.31. The van der Waals surface area contributed by atoms with Crippen LogP contribution in [-0.4, -0.2) is 194 Å². The van der Waals surface area contributed by atoms with Crippen LogP contribution in [0.15, 0.2) is 35.4 Å². The summed E-state index contributed by atoms with van der Waals surface area (Å²) >= 11 is 1.90. The third kappa shape index (κ3) is 14.3. The van der Waals surface area contributed by atoms with E-state index in [1.807, 2.05) is 75.5 Å². The minimum Gasteiger partial charge on any atom is -0.459 e. The van der Waals surface area contributed by atoms with Gasteiger partial charge in [0.15, 0.2) is 6.29 Å². The summed E-state index contributed by atoms with van der Waals surface area (Å²) in [6, 6.07) is 6.42. The number of hydrogen-bond donors (Lipinski definition) is 5. The van der Waals surface area contributed by atoms with Gasteiger partial charge in [-0.2, -0.15) is 0 Å². The molecule has 4 fully saturated rings. The number of likely N-dealkylation sites (N-methyl/N-ethyl adjacent to an activating group) is 2. The number of ether oxygens (including phenoxy) is 6. The van der Waals surface area contributed by atoms with Crippen LogP contribution in [-0.2, 0) is 39.6 Å². The minimum absolute atomic E-state index is 0.178. The van der Waals surface area contributed by atoms with Gasteiger partial charge in [0.05, 0.1) is 47.2 Å². The first-order valence-electron chi connectivity index (χ1n) is 27.7. The van der Waals surface area contributed by atoms with E-state index in [9.17, 15) is 34.7 Å². The number of cyclic esters (lactones) is 1. The molecule has 3 aliphatic heterocycles. The molecule has 1 saturated carbocycles. The van der Waals surface area contributed by atoms with E-state index in [0.29, 0.717) is 36.9 Å². The quantitative estimate of drug-likeness (QED) is 0.117. The second-order valence-corrected chi connectivity index (χ2v) is 25.1. The van der Waals surface area contributed by atoms with Crippen molar-refractivity contribution in [3.8, 4) is 0 Å². The highest BCUT2D eigenvalue weighted by molar-refractivity contribution is 8.00. The Bertz CT molecular complexity index is 2080. The molecule has 6 rings (SSSR count). The predicted molar refractivity (Wildman–Crippen MR) is 285 cm³/mol. The Hall–Kier alpha value is -2.37. The van der Waals surface area contributed by atoms with Gasteiger partial charge in [0.2, 0.25) is 0 Å². The van der Waals surface area contributed by atoms with E-state index in [1.54, 1.807) is 52.6 Å². The molecule has 75 heavy (non-hydrogen) atoms. The number of aliphatic hydroxyl groups is 5. The van der Waals surface area contributed by atoms with Gasteiger partial charge in [0, 0.05) is 74.5 Å². The molecule has 5 N–H and O–H groups in total. The van der Waals surface area contributed by atoms with Crippen molar-refractivity contribution in [3.05, 3.63) is 41.7 Å². The van der Waals surface area contributed by atoms with Crippen LogP contribution in [0.25, 0.3) is 0 Å². The van der Waals surface area contributed by atoms with Crippen molar-refractivity contribution in [3.63, 3.8) is 0 Å². The molecule has 17 nitrogen and oxygen atoms in total. The molecule has 0 bridgehead atoms. The maximum absolute atomic E-state index is 14.9. The number of benzene rings is 1. The van der Waals surface area contributed by atoms with Crippen LogP contribution in [0.3, 0.4) is 0 Å². The number of carbonyl (C=O) groups is 1. The van der Waals surface area contributed by atoms with Gasteiger partial charge in [0.25, 0.3) is 0 Å². The van der Waals surface area contributed by atoms with Crippen molar-refractivity contribution in [2.45, 2.75) is 233 Å². The average Bonchev–Trinajstić information content (AvgIpc) is 4.07. The van der Waals surface area contributed by atoms with Crippen LogP contribution in [0, 0.1) is 23.7 Å². The van der Waals surface area contributed by atoms with E-state index in [0.717, 1.165) is 5.56 Å². The van der Waals surface area contributed by atoms with Crippen LogP contribution in [0.1, 0.15) is 144 Å². The van der Waals surface area contributed by atoms with E-state index in [-0.39, 0.29) is 31.3 Å². The molecule has 20 atom stereocenters. The summed E-state index contributed by atoms with van der Waals surface area (Å²) in [5.41, 5.74) is -3.00. The van der Waals surface area contributed by atoms with Crippen molar-refractivity contribution in [1.29, 1.82) is 0 Å². The summed E-state index contributed by atoms with van der Waals surface area (Å²) in [4.78, 5) is 19.8. The Morgan fingerprint density at radius 3 is 2.25 bits per heavy atom. The Balaban J connectivity index is 1.25. The SMILES string of the molecule is CC[C@H]1OC(=O)[C@H](C)C([C@H]2C[C@@](C)(OC)[C@@H](O)[C@H](C)O2)[C@H](C)[C@@H](O[C@@H]2O[C@H](C)C[C@H](N(C)CCc3cn([C@H](CF)[C@H](OC)c4ccc(SC5CCCC5)cc4)nn3)[C@H]2O)[C@](C)(O)C[C@@H](C)CN(C)[C@H](C)[C@@H](O)[C@]1(C)O. The lowest BCUT2D eigenvalue weighted by Gasteiger charge is -2.51. The fourth-order valence-electron chi connectivity index (χ4n) is 13.0. The zero-order chi connectivity index (χ0) is 55.3. The molecule has 428 valence electrons. The molecule has 0 amide bonds. The standard InChI is InChI=1S/C56H94FN5O12S/c1-15-45-56(10,68)49(64)36(6)61(12)30-32(2)27-54(8,67)51(34(4)46(35(5)52(66)73-45)44-28-55(9,70-14)50(65)37(7)72-44)74-53-47(63)42(26-33(3)71-53)60(11)25-24-39-31-62(59-58-39)43(29-57)48(69-13)38-20-22-41(23-21-38)75-40-18-16-17-19-40/h20-23,31-37,40,42-51,53,63-65,67-68H,15-19,24-30H2,1-14H3/t32-,33-,34+,35-,36-,37+,42+,43-,44-,45-,46?,47-,48-,49-,50+,51-,53+,54-,55-,56-/m1/s1. The highest BCUT2D eigenvalue weighted by Crippen LogP contribution is 2.45. The third-order valence-electron chi connectivity index (χ3n) is 17.7. The first kappa shape index (κ1) is 61.8. The van der Waals surface area contributed by atoms with E-state index in [2.05, 4.69) is 22.4 Å². The van der Waals surface area contributed by atoms with Crippen molar-refractivity contribution in [2.75, 3.05) is 48.1 Å². The number of methoxy groups -OCH3 is 2. The van der Waals surface area contributed by atoms with Crippen LogP contribution in [0.4, 0.5) is 4.39 Å². The van der Waals surface area contributed by atoms with Gasteiger partial charge >= 0.3 is 5.97 Å². The maximum atomic E-state index is 14.9. The zero-order valence-electron chi connectivity index (χ0n) is 47.4.